The van der Waals surface area contributed by atoms with Crippen molar-refractivity contribution in [2.45, 2.75) is 19.3 Å². The van der Waals surface area contributed by atoms with E-state index in [2.05, 4.69) is 140 Å². The number of fused-ring (bicyclic) bond motifs is 10. The van der Waals surface area contributed by atoms with Gasteiger partial charge >= 0.3 is 0 Å². The quantitative estimate of drug-likeness (QED) is 0.215. The third-order valence-electron chi connectivity index (χ3n) is 9.44. The summed E-state index contributed by atoms with van der Waals surface area (Å²) in [6.45, 7) is 4.74. The molecule has 8 aromatic rings. The van der Waals surface area contributed by atoms with Gasteiger partial charge in [0, 0.05) is 22.4 Å². The average molecular weight is 537 g/mol. The van der Waals surface area contributed by atoms with E-state index in [4.69, 9.17) is 4.98 Å². The minimum absolute atomic E-state index is 0.0898. The molecule has 0 fully saturated rings. The van der Waals surface area contributed by atoms with E-state index in [-0.39, 0.29) is 5.41 Å². The summed E-state index contributed by atoms with van der Waals surface area (Å²) in [6, 6.07) is 46.6. The summed E-state index contributed by atoms with van der Waals surface area (Å²) in [4.78, 5) is 4.81. The molecule has 0 bridgehead atoms. The monoisotopic (exact) mass is 536 g/mol. The van der Waals surface area contributed by atoms with E-state index in [1.807, 2.05) is 12.3 Å². The highest BCUT2D eigenvalue weighted by atomic mass is 15.1. The minimum atomic E-state index is -0.0898. The highest BCUT2D eigenvalue weighted by molar-refractivity contribution is 6.25. The largest absolute Gasteiger partial charge is 0.294 e. The van der Waals surface area contributed by atoms with E-state index in [1.54, 1.807) is 0 Å². The van der Waals surface area contributed by atoms with Gasteiger partial charge in [0.15, 0.2) is 0 Å². The van der Waals surface area contributed by atoms with Gasteiger partial charge in [0.25, 0.3) is 0 Å². The standard InChI is InChI=1S/C40H28N2/c1-40(2)33-19-9-7-17-29(33)38-27-15-5-3-13-25(27)31(23-34(38)40)32-24-36-39(28-16-6-4-14-26(28)32)30-18-8-10-20-35(30)42(36)37-21-11-12-22-41-37/h3-24H,1-2H3. The molecule has 0 saturated carbocycles. The van der Waals surface area contributed by atoms with Crippen LogP contribution in [-0.4, -0.2) is 9.55 Å². The summed E-state index contributed by atoms with van der Waals surface area (Å²) in [7, 11) is 0. The lowest BCUT2D eigenvalue weighted by atomic mass is 9.80. The Morgan fingerprint density at radius 1 is 0.500 bits per heavy atom. The molecule has 2 heteroatoms. The molecule has 9 rings (SSSR count). The summed E-state index contributed by atoms with van der Waals surface area (Å²) in [5.41, 5.74) is 10.3. The first kappa shape index (κ1) is 23.5. The molecule has 6 aromatic carbocycles. The molecule has 0 saturated heterocycles. The van der Waals surface area contributed by atoms with Crippen molar-refractivity contribution in [3.05, 3.63) is 145 Å². The smallest absolute Gasteiger partial charge is 0.137 e. The van der Waals surface area contributed by atoms with E-state index >= 15 is 0 Å². The lowest BCUT2D eigenvalue weighted by Crippen LogP contribution is -2.15. The predicted octanol–water partition coefficient (Wildman–Crippen LogP) is 10.5. The normalized spacial score (nSPS) is 13.7. The Morgan fingerprint density at radius 3 is 1.90 bits per heavy atom. The highest BCUT2D eigenvalue weighted by Gasteiger charge is 2.37. The second-order valence-electron chi connectivity index (χ2n) is 12.0. The van der Waals surface area contributed by atoms with Gasteiger partial charge in [0.05, 0.1) is 11.0 Å². The molecule has 1 aliphatic rings. The summed E-state index contributed by atoms with van der Waals surface area (Å²) < 4.78 is 2.33. The number of nitrogens with zero attached hydrogens (tertiary/aromatic N) is 2. The lowest BCUT2D eigenvalue weighted by Gasteiger charge is -2.23. The summed E-state index contributed by atoms with van der Waals surface area (Å²) >= 11 is 0. The van der Waals surface area contributed by atoms with Gasteiger partial charge < -0.3 is 0 Å². The second-order valence-corrected chi connectivity index (χ2v) is 12.0. The average Bonchev–Trinajstić information content (AvgIpc) is 3.50. The Labute approximate surface area is 244 Å². The third-order valence-corrected chi connectivity index (χ3v) is 9.44. The van der Waals surface area contributed by atoms with E-state index in [9.17, 15) is 0 Å². The zero-order valence-electron chi connectivity index (χ0n) is 23.6. The highest BCUT2D eigenvalue weighted by Crippen LogP contribution is 2.54. The van der Waals surface area contributed by atoms with Crippen LogP contribution >= 0.6 is 0 Å². The van der Waals surface area contributed by atoms with Crippen LogP contribution in [0.3, 0.4) is 0 Å². The molecule has 198 valence electrons. The van der Waals surface area contributed by atoms with E-state index in [0.717, 1.165) is 5.82 Å². The summed E-state index contributed by atoms with van der Waals surface area (Å²) in [5.74, 6) is 0.931. The van der Waals surface area contributed by atoms with E-state index in [0.29, 0.717) is 0 Å². The molecule has 0 spiro atoms. The van der Waals surface area contributed by atoms with Gasteiger partial charge in [-0.1, -0.05) is 111 Å². The van der Waals surface area contributed by atoms with Crippen molar-refractivity contribution in [1.29, 1.82) is 0 Å². The van der Waals surface area contributed by atoms with Crippen molar-refractivity contribution in [2.24, 2.45) is 0 Å². The summed E-state index contributed by atoms with van der Waals surface area (Å²) in [6.07, 6.45) is 1.88. The molecular weight excluding hydrogens is 508 g/mol. The first-order valence-corrected chi connectivity index (χ1v) is 14.7. The van der Waals surface area contributed by atoms with E-state index < -0.39 is 0 Å². The molecule has 1 aliphatic carbocycles. The molecule has 0 amide bonds. The third kappa shape index (κ3) is 3.01. The molecule has 0 atom stereocenters. The topological polar surface area (TPSA) is 17.8 Å². The van der Waals surface area contributed by atoms with Crippen LogP contribution in [0.15, 0.2) is 134 Å². The van der Waals surface area contributed by atoms with Crippen LogP contribution in [0.1, 0.15) is 25.0 Å². The van der Waals surface area contributed by atoms with Gasteiger partial charge in [-0.15, -0.1) is 0 Å². The van der Waals surface area contributed by atoms with Crippen molar-refractivity contribution >= 4 is 43.4 Å². The number of rotatable bonds is 2. The van der Waals surface area contributed by atoms with Gasteiger partial charge in [-0.3, -0.25) is 4.57 Å². The second kappa shape index (κ2) is 8.41. The number of pyridine rings is 1. The maximum atomic E-state index is 4.81. The zero-order valence-corrected chi connectivity index (χ0v) is 23.6. The fourth-order valence-corrected chi connectivity index (χ4v) is 7.56. The Hall–Kier alpha value is -5.21. The number of benzene rings is 6. The molecule has 0 unspecified atom stereocenters. The maximum absolute atomic E-state index is 4.81. The van der Waals surface area contributed by atoms with E-state index in [1.165, 1.54) is 76.7 Å². The van der Waals surface area contributed by atoms with Crippen molar-refractivity contribution in [2.75, 3.05) is 0 Å². The Balaban J connectivity index is 1.47. The molecule has 2 heterocycles. The van der Waals surface area contributed by atoms with Crippen molar-refractivity contribution in [3.63, 3.8) is 0 Å². The van der Waals surface area contributed by atoms with Crippen LogP contribution in [-0.2, 0) is 5.41 Å². The van der Waals surface area contributed by atoms with Gasteiger partial charge in [0.2, 0.25) is 0 Å². The van der Waals surface area contributed by atoms with Gasteiger partial charge in [-0.2, -0.15) is 0 Å². The number of hydrogen-bond acceptors (Lipinski definition) is 1. The van der Waals surface area contributed by atoms with Crippen LogP contribution in [0.4, 0.5) is 0 Å². The molecular formula is C40H28N2. The van der Waals surface area contributed by atoms with Gasteiger partial charge in [0.1, 0.15) is 5.82 Å². The fourth-order valence-electron chi connectivity index (χ4n) is 7.56. The molecule has 0 N–H and O–H groups in total. The van der Waals surface area contributed by atoms with Crippen LogP contribution in [0, 0.1) is 0 Å². The SMILES string of the molecule is CC1(C)c2ccccc2-c2c1cc(-c1cc3c(c4ccccc14)c1ccccc1n3-c1ccccn1)c1ccccc21. The fraction of sp³-hybridized carbons (Fsp3) is 0.0750. The van der Waals surface area contributed by atoms with Gasteiger partial charge in [-0.05, 0) is 85.3 Å². The first-order valence-electron chi connectivity index (χ1n) is 14.7. The van der Waals surface area contributed by atoms with Crippen LogP contribution < -0.4 is 0 Å². The lowest BCUT2D eigenvalue weighted by molar-refractivity contribution is 0.661. The zero-order chi connectivity index (χ0) is 28.0. The molecule has 0 aliphatic heterocycles. The number of hydrogen-bond donors (Lipinski definition) is 0. The molecule has 2 aromatic heterocycles. The van der Waals surface area contributed by atoms with Crippen molar-refractivity contribution in [3.8, 4) is 28.1 Å². The number of para-hydroxylation sites is 1. The Morgan fingerprint density at radius 2 is 1.12 bits per heavy atom. The van der Waals surface area contributed by atoms with Crippen LogP contribution in [0.25, 0.3) is 71.4 Å². The maximum Gasteiger partial charge on any atom is 0.137 e. The molecule has 0 radical (unpaired) electrons. The van der Waals surface area contributed by atoms with Crippen molar-refractivity contribution in [1.82, 2.24) is 9.55 Å². The Bertz CT molecular complexity index is 2370. The first-order chi connectivity index (χ1) is 20.6. The summed E-state index contributed by atoms with van der Waals surface area (Å²) in [5, 5.41) is 7.66. The minimum Gasteiger partial charge on any atom is -0.294 e. The van der Waals surface area contributed by atoms with Crippen LogP contribution in [0.5, 0.6) is 0 Å². The number of aromatic nitrogens is 2. The van der Waals surface area contributed by atoms with Crippen molar-refractivity contribution < 1.29 is 0 Å². The molecule has 42 heavy (non-hydrogen) atoms. The van der Waals surface area contributed by atoms with Crippen LogP contribution in [0.2, 0.25) is 0 Å². The Kier molecular flexibility index (Phi) is 4.70. The predicted molar refractivity (Wildman–Crippen MR) is 177 cm³/mol. The molecule has 2 nitrogen and oxygen atoms in total. The van der Waals surface area contributed by atoms with Gasteiger partial charge in [-0.25, -0.2) is 4.98 Å².